The van der Waals surface area contributed by atoms with E-state index in [2.05, 4.69) is 47.7 Å². The van der Waals surface area contributed by atoms with Crippen molar-refractivity contribution in [2.24, 2.45) is 0 Å². The molecule has 2 N–H and O–H groups in total. The van der Waals surface area contributed by atoms with Crippen LogP contribution in [0.3, 0.4) is 0 Å². The van der Waals surface area contributed by atoms with Crippen molar-refractivity contribution in [1.82, 2.24) is 24.6 Å². The molecule has 0 atom stereocenters. The highest BCUT2D eigenvalue weighted by Crippen LogP contribution is 2.49. The largest absolute Gasteiger partial charge is 0.324 e. The van der Waals surface area contributed by atoms with Crippen molar-refractivity contribution in [3.8, 4) is 11.1 Å². The lowest BCUT2D eigenvalue weighted by atomic mass is 9.85. The first-order valence-electron chi connectivity index (χ1n) is 12.0. The van der Waals surface area contributed by atoms with E-state index in [1.54, 1.807) is 10.9 Å². The number of hydrogen-bond donors (Lipinski definition) is 2. The average Bonchev–Trinajstić information content (AvgIpc) is 3.40. The molecule has 0 unspecified atom stereocenters. The fraction of sp³-hybridized carbons (Fsp3) is 0.385. The van der Waals surface area contributed by atoms with Crippen LogP contribution < -0.4 is 16.2 Å². The van der Waals surface area contributed by atoms with Gasteiger partial charge in [0.2, 0.25) is 5.95 Å². The van der Waals surface area contributed by atoms with Gasteiger partial charge in [0, 0.05) is 24.0 Å². The number of fused-ring (bicyclic) bond motifs is 2. The lowest BCUT2D eigenvalue weighted by molar-refractivity contribution is 0.382. The summed E-state index contributed by atoms with van der Waals surface area (Å²) in [6.07, 6.45) is 4.35. The quantitative estimate of drug-likeness (QED) is 0.436. The fourth-order valence-corrected chi connectivity index (χ4v) is 6.12. The Bertz CT molecular complexity index is 1560. The van der Waals surface area contributed by atoms with Crippen LogP contribution in [-0.2, 0) is 23.9 Å². The summed E-state index contributed by atoms with van der Waals surface area (Å²) >= 11 is 1.53. The molecule has 0 radical (unpaired) electrons. The number of aromatic nitrogens is 4. The molecule has 1 saturated carbocycles. The third kappa shape index (κ3) is 3.48. The van der Waals surface area contributed by atoms with Crippen LogP contribution in [0.5, 0.6) is 0 Å². The third-order valence-corrected chi connectivity index (χ3v) is 8.19. The summed E-state index contributed by atoms with van der Waals surface area (Å²) in [7, 11) is 0. The van der Waals surface area contributed by atoms with E-state index in [0.29, 0.717) is 23.5 Å². The summed E-state index contributed by atoms with van der Waals surface area (Å²) in [5.41, 5.74) is 4.59. The number of benzene rings is 1. The first-order valence-corrected chi connectivity index (χ1v) is 12.9. The molecule has 3 aromatic heterocycles. The molecule has 1 aliphatic heterocycles. The van der Waals surface area contributed by atoms with Gasteiger partial charge in [-0.25, -0.2) is 14.3 Å². The molecular weight excluding hydrogens is 458 g/mol. The molecule has 1 fully saturated rings. The Kier molecular flexibility index (Phi) is 4.88. The molecule has 2 aliphatic rings. The number of anilines is 2. The van der Waals surface area contributed by atoms with E-state index in [1.165, 1.54) is 22.5 Å². The highest BCUT2D eigenvalue weighted by Gasteiger charge is 2.45. The third-order valence-electron chi connectivity index (χ3n) is 7.28. The lowest BCUT2D eigenvalue weighted by Gasteiger charge is -2.34. The van der Waals surface area contributed by atoms with Crippen molar-refractivity contribution in [3.05, 3.63) is 62.9 Å². The van der Waals surface area contributed by atoms with Gasteiger partial charge in [-0.2, -0.15) is 10.2 Å². The number of nitrogens with zero attached hydrogens (tertiary/aromatic N) is 5. The Morgan fingerprint density at radius 2 is 2.11 bits per heavy atom. The van der Waals surface area contributed by atoms with Crippen molar-refractivity contribution >= 4 is 34.0 Å². The second kappa shape index (κ2) is 7.77. The molecule has 178 valence electrons. The number of nitrogens with one attached hydrogen (secondary N) is 2. The number of hydrogen-bond acceptors (Lipinski definition) is 7. The zero-order valence-corrected chi connectivity index (χ0v) is 20.9. The van der Waals surface area contributed by atoms with E-state index in [4.69, 9.17) is 4.98 Å². The molecule has 1 aromatic carbocycles. The Hall–Kier alpha value is -3.48. The smallest absolute Gasteiger partial charge is 0.278 e. The number of rotatable bonds is 5. The van der Waals surface area contributed by atoms with Gasteiger partial charge in [-0.3, -0.25) is 4.79 Å². The van der Waals surface area contributed by atoms with Crippen molar-refractivity contribution in [1.29, 1.82) is 5.26 Å². The Morgan fingerprint density at radius 1 is 1.29 bits per heavy atom. The van der Waals surface area contributed by atoms with Gasteiger partial charge < -0.3 is 10.6 Å². The standard InChI is InChI=1S/C26H27N7OS/c1-4-32-23(34)19-13-28-24(30-18-5-6-20-16(11-18)7-10-29-25(20,2)3)31-22(19)33(32)21-12-17(14-35-21)26(15-27)8-9-26/h5-6,11-14,29H,4,7-10H2,1-3H3,(H,28,30,31). The van der Waals surface area contributed by atoms with E-state index in [-0.39, 0.29) is 16.5 Å². The van der Waals surface area contributed by atoms with Crippen LogP contribution in [0, 0.1) is 11.3 Å². The van der Waals surface area contributed by atoms with Crippen LogP contribution in [-0.4, -0.2) is 25.9 Å². The molecule has 6 rings (SSSR count). The van der Waals surface area contributed by atoms with Gasteiger partial charge in [-0.15, -0.1) is 11.3 Å². The molecule has 0 saturated heterocycles. The van der Waals surface area contributed by atoms with Gasteiger partial charge in [0.1, 0.15) is 10.4 Å². The van der Waals surface area contributed by atoms with Gasteiger partial charge in [0.15, 0.2) is 5.65 Å². The highest BCUT2D eigenvalue weighted by molar-refractivity contribution is 7.12. The number of nitriles is 1. The minimum Gasteiger partial charge on any atom is -0.324 e. The van der Waals surface area contributed by atoms with Gasteiger partial charge in [0.05, 0.1) is 11.5 Å². The van der Waals surface area contributed by atoms with Gasteiger partial charge in [-0.05, 0) is 86.8 Å². The minimum atomic E-state index is -0.368. The summed E-state index contributed by atoms with van der Waals surface area (Å²) < 4.78 is 3.55. The van der Waals surface area contributed by atoms with E-state index in [9.17, 15) is 10.1 Å². The Labute approximate surface area is 207 Å². The van der Waals surface area contributed by atoms with E-state index in [0.717, 1.165) is 42.1 Å². The average molecular weight is 486 g/mol. The molecule has 4 heterocycles. The topological polar surface area (TPSA) is 101 Å². The fourth-order valence-electron chi connectivity index (χ4n) is 5.10. The molecule has 8 nitrogen and oxygen atoms in total. The summed E-state index contributed by atoms with van der Waals surface area (Å²) in [6, 6.07) is 10.9. The first-order chi connectivity index (χ1) is 16.8. The maximum Gasteiger partial charge on any atom is 0.278 e. The van der Waals surface area contributed by atoms with Crippen LogP contribution in [0.1, 0.15) is 50.3 Å². The predicted molar refractivity (Wildman–Crippen MR) is 138 cm³/mol. The second-order valence-corrected chi connectivity index (χ2v) is 10.8. The van der Waals surface area contributed by atoms with Gasteiger partial charge >= 0.3 is 0 Å². The van der Waals surface area contributed by atoms with E-state index in [1.807, 2.05) is 29.1 Å². The monoisotopic (exact) mass is 485 g/mol. The van der Waals surface area contributed by atoms with E-state index >= 15 is 0 Å². The summed E-state index contributed by atoms with van der Waals surface area (Å²) in [5.74, 6) is 0.445. The van der Waals surface area contributed by atoms with Crippen molar-refractivity contribution in [2.75, 3.05) is 11.9 Å². The Balaban J connectivity index is 1.41. The summed E-state index contributed by atoms with van der Waals surface area (Å²) in [4.78, 5) is 22.3. The van der Waals surface area contributed by atoms with E-state index < -0.39 is 0 Å². The molecule has 0 spiro atoms. The van der Waals surface area contributed by atoms with Crippen LogP contribution in [0.25, 0.3) is 16.0 Å². The SMILES string of the molecule is CCn1c(=O)c2cnc(Nc3ccc4c(c3)CCNC4(C)C)nc2n1-c1cc(C2(C#N)CC2)cs1. The zero-order chi connectivity index (χ0) is 24.4. The van der Waals surface area contributed by atoms with Gasteiger partial charge in [0.25, 0.3) is 5.56 Å². The van der Waals surface area contributed by atoms with Crippen molar-refractivity contribution in [3.63, 3.8) is 0 Å². The molecule has 9 heteroatoms. The second-order valence-electron chi connectivity index (χ2n) is 9.93. The Morgan fingerprint density at radius 3 is 2.86 bits per heavy atom. The molecule has 35 heavy (non-hydrogen) atoms. The minimum absolute atomic E-state index is 0.0508. The normalized spacial score (nSPS) is 17.7. The van der Waals surface area contributed by atoms with Crippen LogP contribution in [0.15, 0.2) is 40.6 Å². The van der Waals surface area contributed by atoms with Crippen LogP contribution in [0.4, 0.5) is 11.6 Å². The van der Waals surface area contributed by atoms with Gasteiger partial charge in [-0.1, -0.05) is 6.07 Å². The summed E-state index contributed by atoms with van der Waals surface area (Å²) in [6.45, 7) is 7.79. The molecule has 1 aliphatic carbocycles. The highest BCUT2D eigenvalue weighted by atomic mass is 32.1. The maximum absolute atomic E-state index is 13.1. The molecular formula is C26H27N7OS. The van der Waals surface area contributed by atoms with Crippen molar-refractivity contribution in [2.45, 2.75) is 57.5 Å². The lowest BCUT2D eigenvalue weighted by Crippen LogP contribution is -2.42. The summed E-state index contributed by atoms with van der Waals surface area (Å²) in [5, 5.41) is 19.9. The molecule has 0 bridgehead atoms. The molecule has 4 aromatic rings. The van der Waals surface area contributed by atoms with Crippen LogP contribution >= 0.6 is 11.3 Å². The first kappa shape index (κ1) is 22.0. The predicted octanol–water partition coefficient (Wildman–Crippen LogP) is 4.34. The molecule has 0 amide bonds. The number of thiophene rings is 1. The van der Waals surface area contributed by atoms with Crippen molar-refractivity contribution < 1.29 is 0 Å². The van der Waals surface area contributed by atoms with Crippen LogP contribution in [0.2, 0.25) is 0 Å². The maximum atomic E-state index is 13.1. The zero-order valence-electron chi connectivity index (χ0n) is 20.1.